The number of carbonyl (C=O) groups is 1. The topological polar surface area (TPSA) is 91.2 Å². The highest BCUT2D eigenvalue weighted by Gasteiger charge is 2.30. The maximum atomic E-state index is 11.8. The molecule has 0 unspecified atom stereocenters. The van der Waals surface area contributed by atoms with Crippen molar-refractivity contribution in [2.45, 2.75) is 19.4 Å². The van der Waals surface area contributed by atoms with Gasteiger partial charge < -0.3 is 10.4 Å². The third-order valence-electron chi connectivity index (χ3n) is 3.73. The Hall–Kier alpha value is -2.28. The summed E-state index contributed by atoms with van der Waals surface area (Å²) < 4.78 is 0. The van der Waals surface area contributed by atoms with Crippen LogP contribution in [0.2, 0.25) is 0 Å². The highest BCUT2D eigenvalue weighted by atomic mass is 16.4. The summed E-state index contributed by atoms with van der Waals surface area (Å²) in [5.41, 5.74) is 1.51. The van der Waals surface area contributed by atoms with Crippen LogP contribution in [0.5, 0.6) is 0 Å². The molecule has 0 spiro atoms. The molecule has 0 aromatic carbocycles. The number of pyridine rings is 1. The Balaban J connectivity index is 2.05. The molecule has 2 aromatic heterocycles. The minimum Gasteiger partial charge on any atom is -0.465 e. The number of hydrogen-bond donors (Lipinski definition) is 2. The monoisotopic (exact) mass is 287 g/mol. The summed E-state index contributed by atoms with van der Waals surface area (Å²) in [5, 5.41) is 12.9. The smallest absolute Gasteiger partial charge is 0.412 e. The number of piperidine rings is 1. The number of fused-ring (bicyclic) bond motifs is 1. The van der Waals surface area contributed by atoms with Crippen LogP contribution in [0.15, 0.2) is 24.7 Å². The fourth-order valence-corrected chi connectivity index (χ4v) is 2.84. The largest absolute Gasteiger partial charge is 0.465 e. The molecule has 21 heavy (non-hydrogen) atoms. The van der Waals surface area contributed by atoms with Crippen molar-refractivity contribution in [3.05, 3.63) is 24.7 Å². The van der Waals surface area contributed by atoms with Crippen LogP contribution in [0.4, 0.5) is 10.5 Å². The van der Waals surface area contributed by atoms with Gasteiger partial charge in [0.2, 0.25) is 0 Å². The zero-order valence-electron chi connectivity index (χ0n) is 11.7. The van der Waals surface area contributed by atoms with Gasteiger partial charge in [-0.1, -0.05) is 6.92 Å². The molecule has 2 atom stereocenters. The van der Waals surface area contributed by atoms with E-state index in [1.54, 1.807) is 24.7 Å². The van der Waals surface area contributed by atoms with Gasteiger partial charge in [0, 0.05) is 25.1 Å². The molecule has 1 saturated heterocycles. The Bertz CT molecular complexity index is 657. The first-order valence-corrected chi connectivity index (χ1v) is 6.95. The van der Waals surface area contributed by atoms with E-state index < -0.39 is 6.09 Å². The molecular weight excluding hydrogens is 270 g/mol. The summed E-state index contributed by atoms with van der Waals surface area (Å²) in [5.74, 6) is 0.435. The van der Waals surface area contributed by atoms with Gasteiger partial charge >= 0.3 is 6.09 Å². The number of nitrogens with zero attached hydrogens (tertiary/aromatic N) is 4. The summed E-state index contributed by atoms with van der Waals surface area (Å²) in [6.45, 7) is 3.67. The first-order valence-electron chi connectivity index (χ1n) is 6.95. The molecule has 1 fully saturated rings. The van der Waals surface area contributed by atoms with E-state index in [-0.39, 0.29) is 6.04 Å². The number of hydrogen-bond acceptors (Lipinski definition) is 5. The van der Waals surface area contributed by atoms with Crippen molar-refractivity contribution in [2.75, 3.05) is 18.0 Å². The molecule has 1 aliphatic heterocycles. The highest BCUT2D eigenvalue weighted by Crippen LogP contribution is 2.27. The van der Waals surface area contributed by atoms with Gasteiger partial charge in [-0.2, -0.15) is 0 Å². The van der Waals surface area contributed by atoms with Gasteiger partial charge in [0.15, 0.2) is 5.65 Å². The van der Waals surface area contributed by atoms with Gasteiger partial charge in [0.05, 0.1) is 11.7 Å². The number of nitrogens with one attached hydrogen (secondary N) is 1. The summed E-state index contributed by atoms with van der Waals surface area (Å²) in [6.07, 6.45) is 4.52. The Morgan fingerprint density at radius 3 is 2.81 bits per heavy atom. The van der Waals surface area contributed by atoms with E-state index in [1.165, 1.54) is 4.90 Å². The lowest BCUT2D eigenvalue weighted by Gasteiger charge is -2.35. The molecule has 0 radical (unpaired) electrons. The molecule has 0 aliphatic carbocycles. The van der Waals surface area contributed by atoms with Crippen LogP contribution in [0.25, 0.3) is 11.2 Å². The molecule has 0 bridgehead atoms. The number of rotatable bonds is 2. The van der Waals surface area contributed by atoms with Gasteiger partial charge in [0.25, 0.3) is 0 Å². The third kappa shape index (κ3) is 2.64. The number of amides is 1. The van der Waals surface area contributed by atoms with Crippen molar-refractivity contribution in [2.24, 2.45) is 5.92 Å². The first-order chi connectivity index (χ1) is 10.2. The van der Waals surface area contributed by atoms with Crippen molar-refractivity contribution in [1.82, 2.24) is 20.3 Å². The molecule has 110 valence electrons. The van der Waals surface area contributed by atoms with Crippen LogP contribution >= 0.6 is 0 Å². The van der Waals surface area contributed by atoms with E-state index in [9.17, 15) is 9.90 Å². The van der Waals surface area contributed by atoms with Crippen molar-refractivity contribution in [1.29, 1.82) is 0 Å². The van der Waals surface area contributed by atoms with Crippen molar-refractivity contribution in [3.8, 4) is 0 Å². The van der Waals surface area contributed by atoms with E-state index in [0.29, 0.717) is 29.3 Å². The van der Waals surface area contributed by atoms with Gasteiger partial charge in [-0.3, -0.25) is 4.90 Å². The van der Waals surface area contributed by atoms with Crippen LogP contribution < -0.4 is 10.2 Å². The quantitative estimate of drug-likeness (QED) is 0.870. The van der Waals surface area contributed by atoms with E-state index in [4.69, 9.17) is 0 Å². The molecule has 7 heteroatoms. The van der Waals surface area contributed by atoms with E-state index in [2.05, 4.69) is 27.2 Å². The maximum absolute atomic E-state index is 11.8. The molecule has 2 N–H and O–H groups in total. The van der Waals surface area contributed by atoms with Crippen LogP contribution in [0.1, 0.15) is 13.3 Å². The minimum absolute atomic E-state index is 0.112. The Morgan fingerprint density at radius 1 is 1.29 bits per heavy atom. The van der Waals surface area contributed by atoms with E-state index >= 15 is 0 Å². The first kappa shape index (κ1) is 13.7. The van der Waals surface area contributed by atoms with Gasteiger partial charge in [-0.05, 0) is 24.9 Å². The van der Waals surface area contributed by atoms with E-state index in [0.717, 1.165) is 13.0 Å². The van der Waals surface area contributed by atoms with Crippen molar-refractivity contribution >= 4 is 22.9 Å². The lowest BCUT2D eigenvalue weighted by atomic mass is 9.96. The summed E-state index contributed by atoms with van der Waals surface area (Å²) in [7, 11) is 0. The molecule has 1 amide bonds. The van der Waals surface area contributed by atoms with Crippen LogP contribution in [-0.2, 0) is 0 Å². The molecular formula is C14H17N5O2. The maximum Gasteiger partial charge on any atom is 0.412 e. The molecule has 3 rings (SSSR count). The number of anilines is 1. The Morgan fingerprint density at radius 2 is 2.05 bits per heavy atom. The zero-order valence-corrected chi connectivity index (χ0v) is 11.7. The molecule has 7 nitrogen and oxygen atoms in total. The Labute approximate surface area is 122 Å². The van der Waals surface area contributed by atoms with E-state index in [1.807, 2.05) is 0 Å². The summed E-state index contributed by atoms with van der Waals surface area (Å²) >= 11 is 0. The molecule has 0 saturated carbocycles. The second kappa shape index (κ2) is 5.61. The predicted molar refractivity (Wildman–Crippen MR) is 78.3 cm³/mol. The van der Waals surface area contributed by atoms with Gasteiger partial charge in [-0.25, -0.2) is 19.7 Å². The predicted octanol–water partition coefficient (Wildman–Crippen LogP) is 1.51. The van der Waals surface area contributed by atoms with Crippen LogP contribution in [0.3, 0.4) is 0 Å². The lowest BCUT2D eigenvalue weighted by molar-refractivity contribution is 0.195. The SMILES string of the molecule is C[C@@H]1CNC[C@H](N(C(=O)O)c2ccnc3nccnc23)C1. The second-order valence-electron chi connectivity index (χ2n) is 5.36. The summed E-state index contributed by atoms with van der Waals surface area (Å²) in [6, 6.07) is 1.57. The van der Waals surface area contributed by atoms with Crippen molar-refractivity contribution in [3.63, 3.8) is 0 Å². The standard InChI is InChI=1S/C14H17N5O2/c1-9-6-10(8-15-7-9)19(14(20)21)11-2-3-17-13-12(11)16-4-5-18-13/h2-5,9-10,15H,6-8H2,1H3,(H,20,21)/t9-,10+/m0/s1. The van der Waals surface area contributed by atoms with Crippen LogP contribution in [-0.4, -0.2) is 45.3 Å². The minimum atomic E-state index is -0.978. The summed E-state index contributed by atoms with van der Waals surface area (Å²) in [4.78, 5) is 25.7. The molecule has 3 heterocycles. The van der Waals surface area contributed by atoms with Crippen molar-refractivity contribution < 1.29 is 9.90 Å². The number of aromatic nitrogens is 3. The number of carboxylic acid groups (broad SMARTS) is 1. The fraction of sp³-hybridized carbons (Fsp3) is 0.429. The second-order valence-corrected chi connectivity index (χ2v) is 5.36. The lowest BCUT2D eigenvalue weighted by Crippen LogP contribution is -2.51. The fourth-order valence-electron chi connectivity index (χ4n) is 2.84. The zero-order chi connectivity index (χ0) is 14.8. The van der Waals surface area contributed by atoms with Gasteiger partial charge in [0.1, 0.15) is 5.52 Å². The molecule has 2 aromatic rings. The normalized spacial score (nSPS) is 22.1. The van der Waals surface area contributed by atoms with Gasteiger partial charge in [-0.15, -0.1) is 0 Å². The molecule has 1 aliphatic rings. The highest BCUT2D eigenvalue weighted by molar-refractivity contribution is 5.96. The third-order valence-corrected chi connectivity index (χ3v) is 3.73. The average Bonchev–Trinajstić information content (AvgIpc) is 2.47. The Kier molecular flexibility index (Phi) is 3.66. The van der Waals surface area contributed by atoms with Crippen LogP contribution in [0, 0.1) is 5.92 Å². The average molecular weight is 287 g/mol.